The summed E-state index contributed by atoms with van der Waals surface area (Å²) in [6.07, 6.45) is 2.76. The van der Waals surface area contributed by atoms with Crippen LogP contribution in [0.15, 0.2) is 52.1 Å². The van der Waals surface area contributed by atoms with Gasteiger partial charge in [0.05, 0.1) is 5.56 Å². The molecule has 0 aliphatic rings. The minimum atomic E-state index is -0.465. The zero-order chi connectivity index (χ0) is 16.4. The molecular formula is C16H10BrClN3O2Y-. The van der Waals surface area contributed by atoms with Crippen LogP contribution in [0.4, 0.5) is 0 Å². The average molecular weight is 481 g/mol. The van der Waals surface area contributed by atoms with Crippen molar-refractivity contribution in [1.29, 1.82) is 0 Å². The molecule has 5 nitrogen and oxygen atoms in total. The smallest absolute Gasteiger partial charge is 0.253 e. The summed E-state index contributed by atoms with van der Waals surface area (Å²) in [7, 11) is 0. The minimum Gasteiger partial charge on any atom is -0.662 e. The molecular weight excluding hydrogens is 470 g/mol. The molecule has 0 spiro atoms. The second-order valence-corrected chi connectivity index (χ2v) is 6.08. The summed E-state index contributed by atoms with van der Waals surface area (Å²) in [6, 6.07) is 8.65. The average Bonchev–Trinajstić information content (AvgIpc) is 2.55. The normalized spacial score (nSPS) is 10.2. The van der Waals surface area contributed by atoms with Crippen LogP contribution in [0.25, 0.3) is 10.9 Å². The predicted molar refractivity (Wildman–Crippen MR) is 91.7 cm³/mol. The molecule has 0 aliphatic carbocycles. The number of carbonyl (C=O) groups excluding carboxylic acids is 1. The summed E-state index contributed by atoms with van der Waals surface area (Å²) in [5, 5.41) is 3.68. The topological polar surface area (TPSA) is 73.2 Å². The molecule has 3 aromatic rings. The molecule has 2 heterocycles. The molecule has 0 unspecified atom stereocenters. The Balaban J connectivity index is 0.00000208. The first-order chi connectivity index (χ1) is 11.0. The number of nitrogens with one attached hydrogen (secondary N) is 1. The Morgan fingerprint density at radius 1 is 1.29 bits per heavy atom. The molecule has 8 heteroatoms. The standard InChI is InChI=1S/C16H11BrClN3O2.Y/c17-14-5-11-13(8-20-14)19-7-12(15(11)22)16(23)21-6-9-1-3-10(18)4-2-9;/h1-5,7-8H,6H2,(H2,19,21,22,23);/p-1. The number of aromatic nitrogens is 2. The third-order valence-electron chi connectivity index (χ3n) is 3.28. The Morgan fingerprint density at radius 3 is 2.71 bits per heavy atom. The maximum Gasteiger partial charge on any atom is 0.253 e. The number of nitrogens with zero attached hydrogens (tertiary/aromatic N) is 2. The minimum absolute atomic E-state index is 0. The van der Waals surface area contributed by atoms with E-state index >= 15 is 0 Å². The number of carbonyl (C=O) groups is 1. The SMILES string of the molecule is O=C(NCc1ccc(Cl)cc1)c1c[n-]c2cnc(Br)cc2c1=O.[Y]. The number of amides is 1. The van der Waals surface area contributed by atoms with E-state index in [1.54, 1.807) is 18.2 Å². The quantitative estimate of drug-likeness (QED) is 0.586. The third-order valence-corrected chi connectivity index (χ3v) is 3.97. The van der Waals surface area contributed by atoms with Crippen LogP contribution in [-0.4, -0.2) is 10.9 Å². The van der Waals surface area contributed by atoms with Crippen LogP contribution >= 0.6 is 27.5 Å². The molecule has 1 amide bonds. The van der Waals surface area contributed by atoms with Gasteiger partial charge >= 0.3 is 0 Å². The van der Waals surface area contributed by atoms with E-state index in [-0.39, 0.29) is 43.7 Å². The van der Waals surface area contributed by atoms with Crippen molar-refractivity contribution in [2.45, 2.75) is 6.54 Å². The zero-order valence-corrected chi connectivity index (χ0v) is 17.5. The van der Waals surface area contributed by atoms with E-state index in [1.807, 2.05) is 12.1 Å². The summed E-state index contributed by atoms with van der Waals surface area (Å²) in [5.74, 6) is -0.465. The molecule has 0 atom stereocenters. The summed E-state index contributed by atoms with van der Waals surface area (Å²) in [6.45, 7) is 0.299. The Labute approximate surface area is 176 Å². The molecule has 2 aromatic heterocycles. The van der Waals surface area contributed by atoms with Gasteiger partial charge in [-0.15, -0.1) is 5.52 Å². The van der Waals surface area contributed by atoms with E-state index in [1.165, 1.54) is 12.4 Å². The Bertz CT molecular complexity index is 944. The summed E-state index contributed by atoms with van der Waals surface area (Å²) >= 11 is 9.02. The van der Waals surface area contributed by atoms with Crippen LogP contribution in [0, 0.1) is 0 Å². The first-order valence-electron chi connectivity index (χ1n) is 6.68. The molecule has 0 saturated heterocycles. The fraction of sp³-hybridized carbons (Fsp3) is 0.0625. The number of pyridine rings is 2. The van der Waals surface area contributed by atoms with Gasteiger partial charge in [0.15, 0.2) is 5.43 Å². The van der Waals surface area contributed by atoms with Crippen LogP contribution in [0.3, 0.4) is 0 Å². The number of halogens is 2. The molecule has 0 aliphatic heterocycles. The zero-order valence-electron chi connectivity index (χ0n) is 12.3. The van der Waals surface area contributed by atoms with Crippen LogP contribution in [0.5, 0.6) is 0 Å². The van der Waals surface area contributed by atoms with Crippen molar-refractivity contribution in [3.63, 3.8) is 0 Å². The molecule has 119 valence electrons. The van der Waals surface area contributed by atoms with Gasteiger partial charge in [-0.05, 0) is 39.7 Å². The maximum atomic E-state index is 12.4. The predicted octanol–water partition coefficient (Wildman–Crippen LogP) is 2.90. The summed E-state index contributed by atoms with van der Waals surface area (Å²) in [5.41, 5.74) is 0.972. The van der Waals surface area contributed by atoms with Crippen molar-refractivity contribution < 1.29 is 37.5 Å². The van der Waals surface area contributed by atoms with Gasteiger partial charge in [0, 0.05) is 55.9 Å². The number of rotatable bonds is 3. The number of hydrogen-bond acceptors (Lipinski definition) is 3. The van der Waals surface area contributed by atoms with Crippen molar-refractivity contribution >= 4 is 44.3 Å². The largest absolute Gasteiger partial charge is 0.662 e. The summed E-state index contributed by atoms with van der Waals surface area (Å²) < 4.78 is 0.516. The van der Waals surface area contributed by atoms with Crippen LogP contribution in [0.1, 0.15) is 15.9 Å². The maximum absolute atomic E-state index is 12.4. The summed E-state index contributed by atoms with van der Waals surface area (Å²) in [4.78, 5) is 32.8. The van der Waals surface area contributed by atoms with Gasteiger partial charge in [0.25, 0.3) is 5.91 Å². The van der Waals surface area contributed by atoms with Gasteiger partial charge < -0.3 is 10.3 Å². The van der Waals surface area contributed by atoms with Gasteiger partial charge in [0.2, 0.25) is 0 Å². The molecule has 1 aromatic carbocycles. The molecule has 3 rings (SSSR count). The molecule has 0 saturated carbocycles. The van der Waals surface area contributed by atoms with Crippen molar-refractivity contribution in [3.8, 4) is 0 Å². The van der Waals surface area contributed by atoms with E-state index in [0.717, 1.165) is 5.56 Å². The van der Waals surface area contributed by atoms with E-state index < -0.39 is 5.91 Å². The fourth-order valence-corrected chi connectivity index (χ4v) is 2.54. The van der Waals surface area contributed by atoms with E-state index in [2.05, 4.69) is 31.2 Å². The Hall–Kier alpha value is -1.08. The van der Waals surface area contributed by atoms with E-state index in [0.29, 0.717) is 27.1 Å². The molecule has 0 bridgehead atoms. The van der Waals surface area contributed by atoms with Crippen molar-refractivity contribution in [1.82, 2.24) is 15.3 Å². The van der Waals surface area contributed by atoms with E-state index in [9.17, 15) is 9.59 Å². The first-order valence-corrected chi connectivity index (χ1v) is 7.85. The van der Waals surface area contributed by atoms with E-state index in [4.69, 9.17) is 11.6 Å². The molecule has 1 radical (unpaired) electrons. The van der Waals surface area contributed by atoms with Gasteiger partial charge in [-0.2, -0.15) is 6.20 Å². The molecule has 1 N–H and O–H groups in total. The fourth-order valence-electron chi connectivity index (χ4n) is 2.09. The second-order valence-electron chi connectivity index (χ2n) is 4.83. The van der Waals surface area contributed by atoms with Gasteiger partial charge in [-0.25, -0.2) is 0 Å². The monoisotopic (exact) mass is 479 g/mol. The van der Waals surface area contributed by atoms with Gasteiger partial charge in [-0.1, -0.05) is 23.7 Å². The van der Waals surface area contributed by atoms with Crippen LogP contribution in [-0.2, 0) is 39.3 Å². The second kappa shape index (κ2) is 8.34. The molecule has 0 fully saturated rings. The van der Waals surface area contributed by atoms with Crippen molar-refractivity contribution in [3.05, 3.63) is 73.7 Å². The molecule has 24 heavy (non-hydrogen) atoms. The van der Waals surface area contributed by atoms with Crippen LogP contribution < -0.4 is 15.7 Å². The number of benzene rings is 1. The van der Waals surface area contributed by atoms with Crippen LogP contribution in [0.2, 0.25) is 5.02 Å². The Kier molecular flexibility index (Phi) is 6.69. The van der Waals surface area contributed by atoms with Crippen molar-refractivity contribution in [2.75, 3.05) is 0 Å². The number of hydrogen-bond donors (Lipinski definition) is 1. The third kappa shape index (κ3) is 4.31. The van der Waals surface area contributed by atoms with Crippen molar-refractivity contribution in [2.24, 2.45) is 0 Å². The van der Waals surface area contributed by atoms with Gasteiger partial charge in [0.1, 0.15) is 4.60 Å². The number of fused-ring (bicyclic) bond motifs is 1. The van der Waals surface area contributed by atoms with Gasteiger partial charge in [-0.3, -0.25) is 14.6 Å². The first kappa shape index (κ1) is 19.3. The Morgan fingerprint density at radius 2 is 2.00 bits per heavy atom.